The van der Waals surface area contributed by atoms with Crippen molar-refractivity contribution in [1.82, 2.24) is 10.0 Å². The fraction of sp³-hybridized carbons (Fsp3) is 0.467. The first-order chi connectivity index (χ1) is 10.9. The van der Waals surface area contributed by atoms with Gasteiger partial charge in [-0.15, -0.1) is 12.4 Å². The van der Waals surface area contributed by atoms with Crippen LogP contribution in [-0.2, 0) is 14.8 Å². The lowest BCUT2D eigenvalue weighted by atomic mass is 10.2. The second-order valence-corrected chi connectivity index (χ2v) is 7.65. The Labute approximate surface area is 147 Å². The summed E-state index contributed by atoms with van der Waals surface area (Å²) in [4.78, 5) is 16.5. The molecule has 1 amide bonds. The van der Waals surface area contributed by atoms with Crippen LogP contribution in [-0.4, -0.2) is 38.8 Å². The van der Waals surface area contributed by atoms with E-state index >= 15 is 0 Å². The van der Waals surface area contributed by atoms with Gasteiger partial charge in [0.05, 0.1) is 4.90 Å². The number of amides is 1. The van der Waals surface area contributed by atoms with Gasteiger partial charge in [-0.25, -0.2) is 8.42 Å². The predicted molar refractivity (Wildman–Crippen MR) is 93.7 cm³/mol. The summed E-state index contributed by atoms with van der Waals surface area (Å²) in [5.74, 6) is 0.442. The molecule has 0 radical (unpaired) electrons. The molecule has 4 N–H and O–H groups in total. The molecule has 2 aliphatic rings. The summed E-state index contributed by atoms with van der Waals surface area (Å²) < 4.78 is 26.4. The SMILES string of the molecule is CC(N=C1NS(=O)(=O)c2ccccc21)C(=O)NCC(N)C1CC1.Cl. The standard InChI is InChI=1S/C15H20N4O3S.ClH/c1-9(15(20)17-8-12(16)10-6-7-10)18-14-11-4-2-3-5-13(11)23(21,22)19-14;/h2-5,9-10,12H,6-8,16H2,1H3,(H,17,20)(H,18,19);1H. The molecule has 2 atom stereocenters. The summed E-state index contributed by atoms with van der Waals surface area (Å²) in [5, 5.41) is 2.77. The van der Waals surface area contributed by atoms with Crippen LogP contribution in [0, 0.1) is 5.92 Å². The van der Waals surface area contributed by atoms with Gasteiger partial charge in [-0.3, -0.25) is 14.5 Å². The van der Waals surface area contributed by atoms with E-state index in [9.17, 15) is 13.2 Å². The van der Waals surface area contributed by atoms with Crippen molar-refractivity contribution in [3.05, 3.63) is 29.8 Å². The summed E-state index contributed by atoms with van der Waals surface area (Å²) in [6.45, 7) is 2.04. The highest BCUT2D eigenvalue weighted by atomic mass is 35.5. The summed E-state index contributed by atoms with van der Waals surface area (Å²) in [7, 11) is -3.59. The molecule has 1 aromatic rings. The maximum Gasteiger partial charge on any atom is 0.263 e. The Morgan fingerprint density at radius 3 is 2.75 bits per heavy atom. The minimum Gasteiger partial charge on any atom is -0.353 e. The normalized spacial score (nSPS) is 22.0. The van der Waals surface area contributed by atoms with Gasteiger partial charge in [0.1, 0.15) is 11.9 Å². The Hall–Kier alpha value is -1.64. The summed E-state index contributed by atoms with van der Waals surface area (Å²) >= 11 is 0. The van der Waals surface area contributed by atoms with Crippen LogP contribution in [0.15, 0.2) is 34.2 Å². The first kappa shape index (κ1) is 18.7. The van der Waals surface area contributed by atoms with Gasteiger partial charge in [0.25, 0.3) is 10.0 Å². The number of halogens is 1. The van der Waals surface area contributed by atoms with Crippen LogP contribution >= 0.6 is 12.4 Å². The van der Waals surface area contributed by atoms with Crippen molar-refractivity contribution in [2.45, 2.75) is 36.7 Å². The van der Waals surface area contributed by atoms with E-state index in [1.807, 2.05) is 0 Å². The van der Waals surface area contributed by atoms with E-state index in [1.165, 1.54) is 6.07 Å². The predicted octanol–water partition coefficient (Wildman–Crippen LogP) is 0.389. The van der Waals surface area contributed by atoms with Crippen molar-refractivity contribution >= 4 is 34.2 Å². The molecule has 7 nitrogen and oxygen atoms in total. The van der Waals surface area contributed by atoms with Gasteiger partial charge in [-0.1, -0.05) is 12.1 Å². The van der Waals surface area contributed by atoms with Crippen molar-refractivity contribution in [2.75, 3.05) is 6.54 Å². The van der Waals surface area contributed by atoms with Gasteiger partial charge < -0.3 is 11.1 Å². The molecular weight excluding hydrogens is 352 g/mol. The summed E-state index contributed by atoms with van der Waals surface area (Å²) in [6.07, 6.45) is 2.24. The number of rotatable bonds is 5. The molecule has 3 rings (SSSR count). The molecule has 24 heavy (non-hydrogen) atoms. The molecule has 1 aromatic carbocycles. The van der Waals surface area contributed by atoms with E-state index in [0.717, 1.165) is 12.8 Å². The highest BCUT2D eigenvalue weighted by Gasteiger charge is 2.31. The second kappa shape index (κ2) is 7.08. The minimum absolute atomic E-state index is 0. The quantitative estimate of drug-likeness (QED) is 0.693. The number of nitrogens with zero attached hydrogens (tertiary/aromatic N) is 1. The second-order valence-electron chi connectivity index (χ2n) is 6.00. The number of aliphatic imine (C=N–C) groups is 1. The largest absolute Gasteiger partial charge is 0.353 e. The molecule has 1 saturated carbocycles. The van der Waals surface area contributed by atoms with Gasteiger partial charge in [0.15, 0.2) is 0 Å². The molecule has 1 aliphatic heterocycles. The third-order valence-electron chi connectivity index (χ3n) is 4.10. The van der Waals surface area contributed by atoms with Crippen molar-refractivity contribution in [1.29, 1.82) is 0 Å². The van der Waals surface area contributed by atoms with Crippen LogP contribution in [0.3, 0.4) is 0 Å². The fourth-order valence-corrected chi connectivity index (χ4v) is 3.78. The number of nitrogens with two attached hydrogens (primary N) is 1. The van der Waals surface area contributed by atoms with Crippen LogP contribution in [0.4, 0.5) is 0 Å². The first-order valence-electron chi connectivity index (χ1n) is 7.62. The first-order valence-corrected chi connectivity index (χ1v) is 9.10. The van der Waals surface area contributed by atoms with Crippen molar-refractivity contribution in [2.24, 2.45) is 16.6 Å². The maximum atomic E-state index is 12.1. The number of amidine groups is 1. The van der Waals surface area contributed by atoms with E-state index in [2.05, 4.69) is 15.0 Å². The lowest BCUT2D eigenvalue weighted by Gasteiger charge is -2.13. The Morgan fingerprint density at radius 2 is 2.08 bits per heavy atom. The number of fused-ring (bicyclic) bond motifs is 1. The van der Waals surface area contributed by atoms with Crippen LogP contribution in [0.2, 0.25) is 0 Å². The van der Waals surface area contributed by atoms with E-state index < -0.39 is 16.1 Å². The third-order valence-corrected chi connectivity index (χ3v) is 5.50. The zero-order valence-electron chi connectivity index (χ0n) is 13.2. The number of benzene rings is 1. The molecule has 1 fully saturated rings. The Balaban J connectivity index is 0.00000208. The minimum atomic E-state index is -3.59. The van der Waals surface area contributed by atoms with E-state index in [1.54, 1.807) is 25.1 Å². The average Bonchev–Trinajstić information content (AvgIpc) is 3.32. The Morgan fingerprint density at radius 1 is 1.42 bits per heavy atom. The molecule has 1 aliphatic carbocycles. The zero-order valence-corrected chi connectivity index (χ0v) is 14.9. The van der Waals surface area contributed by atoms with Crippen LogP contribution < -0.4 is 15.8 Å². The molecule has 0 bridgehead atoms. The monoisotopic (exact) mass is 372 g/mol. The topological polar surface area (TPSA) is 114 Å². The van der Waals surface area contributed by atoms with Crippen molar-refractivity contribution < 1.29 is 13.2 Å². The lowest BCUT2D eigenvalue weighted by molar-refractivity contribution is -0.122. The fourth-order valence-electron chi connectivity index (χ4n) is 2.54. The third kappa shape index (κ3) is 3.88. The molecule has 132 valence electrons. The van der Waals surface area contributed by atoms with Gasteiger partial charge in [0, 0.05) is 18.2 Å². The van der Waals surface area contributed by atoms with Gasteiger partial charge in [-0.05, 0) is 37.8 Å². The van der Waals surface area contributed by atoms with Crippen molar-refractivity contribution in [3.63, 3.8) is 0 Å². The molecule has 0 spiro atoms. The van der Waals surface area contributed by atoms with Crippen molar-refractivity contribution in [3.8, 4) is 0 Å². The molecule has 0 aromatic heterocycles. The van der Waals surface area contributed by atoms with Crippen LogP contribution in [0.25, 0.3) is 0 Å². The van der Waals surface area contributed by atoms with Gasteiger partial charge in [-0.2, -0.15) is 0 Å². The number of hydrogen-bond donors (Lipinski definition) is 3. The van der Waals surface area contributed by atoms with Crippen LogP contribution in [0.1, 0.15) is 25.3 Å². The maximum absolute atomic E-state index is 12.1. The molecule has 9 heteroatoms. The average molecular weight is 373 g/mol. The van der Waals surface area contributed by atoms with Crippen LogP contribution in [0.5, 0.6) is 0 Å². The lowest BCUT2D eigenvalue weighted by Crippen LogP contribution is -2.42. The number of nitrogens with one attached hydrogen (secondary N) is 2. The highest BCUT2D eigenvalue weighted by molar-refractivity contribution is 7.90. The molecule has 0 saturated heterocycles. The van der Waals surface area contributed by atoms with E-state index in [0.29, 0.717) is 18.0 Å². The molecular formula is C15H21ClN4O3S. The van der Waals surface area contributed by atoms with E-state index in [4.69, 9.17) is 5.73 Å². The smallest absolute Gasteiger partial charge is 0.263 e. The highest BCUT2D eigenvalue weighted by Crippen LogP contribution is 2.31. The summed E-state index contributed by atoms with van der Waals surface area (Å²) in [6, 6.07) is 5.83. The Kier molecular flexibility index (Phi) is 5.52. The number of hydrogen-bond acceptors (Lipinski definition) is 5. The van der Waals surface area contributed by atoms with Gasteiger partial charge >= 0.3 is 0 Å². The van der Waals surface area contributed by atoms with E-state index in [-0.39, 0.29) is 35.1 Å². The Bertz CT molecular complexity index is 762. The number of carbonyl (C=O) groups excluding carboxylic acids is 1. The molecule has 2 unspecified atom stereocenters. The zero-order chi connectivity index (χ0) is 16.6. The number of carbonyl (C=O) groups is 1. The number of sulfonamides is 1. The van der Waals surface area contributed by atoms with Gasteiger partial charge in [0.2, 0.25) is 5.91 Å². The summed E-state index contributed by atoms with van der Waals surface area (Å²) in [5.41, 5.74) is 6.44. The molecule has 1 heterocycles.